The van der Waals surface area contributed by atoms with Crippen molar-refractivity contribution in [1.82, 2.24) is 0 Å². The number of hydrogen-bond donors (Lipinski definition) is 3. The average Bonchev–Trinajstić information content (AvgIpc) is 1.88. The van der Waals surface area contributed by atoms with Crippen LogP contribution in [0.25, 0.3) is 0 Å². The van der Waals surface area contributed by atoms with Crippen LogP contribution in [0.3, 0.4) is 0 Å². The van der Waals surface area contributed by atoms with Crippen LogP contribution in [-0.4, -0.2) is 20.9 Å². The lowest BCUT2D eigenvalue weighted by Crippen LogP contribution is -1.82. The standard InChI is InChI=1S/C3H4O2.C2H5O3P/c1-2-3(4)5;1-2-6(3,4)5/h2H,1H2,(H,4,5);2H,1H2,(H2,3,4,5). The van der Waals surface area contributed by atoms with Gasteiger partial charge in [0.2, 0.25) is 0 Å². The molecular formula is C5H9O5P. The summed E-state index contributed by atoms with van der Waals surface area (Å²) < 4.78 is 9.58. The molecule has 0 atom stereocenters. The van der Waals surface area contributed by atoms with Crippen LogP contribution in [0.5, 0.6) is 0 Å². The van der Waals surface area contributed by atoms with E-state index in [0.29, 0.717) is 5.82 Å². The average molecular weight is 180 g/mol. The molecule has 0 unspecified atom stereocenters. The summed E-state index contributed by atoms with van der Waals surface area (Å²) in [5.41, 5.74) is 0. The first-order valence-electron chi connectivity index (χ1n) is 2.37. The molecule has 0 amide bonds. The predicted octanol–water partition coefficient (Wildman–Crippen LogP) is 0.565. The van der Waals surface area contributed by atoms with E-state index in [4.69, 9.17) is 14.9 Å². The fraction of sp³-hybridized carbons (Fsp3) is 0. The summed E-state index contributed by atoms with van der Waals surface area (Å²) in [5, 5.41) is 7.60. The van der Waals surface area contributed by atoms with Gasteiger partial charge >= 0.3 is 13.6 Å². The van der Waals surface area contributed by atoms with Crippen molar-refractivity contribution in [3.05, 3.63) is 25.1 Å². The third-order valence-corrected chi connectivity index (χ3v) is 0.888. The fourth-order valence-corrected chi connectivity index (χ4v) is 0. The number of aliphatic carboxylic acids is 1. The molecule has 0 aliphatic carbocycles. The molecule has 6 heteroatoms. The fourth-order valence-electron chi connectivity index (χ4n) is 0. The second-order valence-corrected chi connectivity index (χ2v) is 2.86. The Morgan fingerprint density at radius 2 is 1.55 bits per heavy atom. The van der Waals surface area contributed by atoms with E-state index < -0.39 is 13.6 Å². The molecule has 0 saturated heterocycles. The monoisotopic (exact) mass is 180 g/mol. The van der Waals surface area contributed by atoms with Gasteiger partial charge in [0.05, 0.1) is 0 Å². The van der Waals surface area contributed by atoms with Crippen LogP contribution in [0.4, 0.5) is 0 Å². The first-order valence-corrected chi connectivity index (χ1v) is 4.06. The van der Waals surface area contributed by atoms with Gasteiger partial charge < -0.3 is 14.9 Å². The van der Waals surface area contributed by atoms with Crippen LogP contribution in [0.1, 0.15) is 0 Å². The van der Waals surface area contributed by atoms with E-state index in [9.17, 15) is 9.36 Å². The van der Waals surface area contributed by atoms with Gasteiger partial charge in [-0.1, -0.05) is 13.2 Å². The summed E-state index contributed by atoms with van der Waals surface area (Å²) >= 11 is 0. The second-order valence-electron chi connectivity index (χ2n) is 1.31. The largest absolute Gasteiger partial charge is 0.478 e. The number of rotatable bonds is 2. The van der Waals surface area contributed by atoms with Crippen molar-refractivity contribution >= 4 is 13.6 Å². The van der Waals surface area contributed by atoms with E-state index >= 15 is 0 Å². The van der Waals surface area contributed by atoms with Crippen molar-refractivity contribution in [3.8, 4) is 0 Å². The number of carboxylic acids is 1. The van der Waals surface area contributed by atoms with Crippen molar-refractivity contribution in [2.24, 2.45) is 0 Å². The van der Waals surface area contributed by atoms with Gasteiger partial charge in [0.1, 0.15) is 0 Å². The minimum Gasteiger partial charge on any atom is -0.478 e. The number of carbonyl (C=O) groups is 1. The summed E-state index contributed by atoms with van der Waals surface area (Å²) in [6.07, 6.45) is 0.833. The van der Waals surface area contributed by atoms with Crippen molar-refractivity contribution in [2.45, 2.75) is 0 Å². The molecule has 11 heavy (non-hydrogen) atoms. The zero-order valence-electron chi connectivity index (χ0n) is 5.67. The molecule has 0 radical (unpaired) electrons. The van der Waals surface area contributed by atoms with Crippen LogP contribution < -0.4 is 0 Å². The van der Waals surface area contributed by atoms with Crippen molar-refractivity contribution in [3.63, 3.8) is 0 Å². The molecule has 5 nitrogen and oxygen atoms in total. The van der Waals surface area contributed by atoms with Gasteiger partial charge in [-0.15, -0.1) is 0 Å². The van der Waals surface area contributed by atoms with Gasteiger partial charge in [-0.2, -0.15) is 0 Å². The lowest BCUT2D eigenvalue weighted by molar-refractivity contribution is -0.131. The number of hydrogen-bond acceptors (Lipinski definition) is 2. The van der Waals surface area contributed by atoms with Gasteiger partial charge in [-0.05, 0) is 0 Å². The normalized spacial score (nSPS) is 8.91. The van der Waals surface area contributed by atoms with Crippen LogP contribution in [0, 0.1) is 0 Å². The Labute approximate surface area is 63.8 Å². The van der Waals surface area contributed by atoms with Gasteiger partial charge in [-0.3, -0.25) is 4.57 Å². The molecule has 3 N–H and O–H groups in total. The molecule has 0 bridgehead atoms. The minimum absolute atomic E-state index is 0.604. The molecule has 0 aromatic carbocycles. The zero-order valence-corrected chi connectivity index (χ0v) is 6.57. The van der Waals surface area contributed by atoms with Crippen molar-refractivity contribution < 1.29 is 24.3 Å². The highest BCUT2D eigenvalue weighted by Crippen LogP contribution is 2.34. The molecular weight excluding hydrogens is 171 g/mol. The van der Waals surface area contributed by atoms with E-state index in [1.165, 1.54) is 0 Å². The molecule has 0 aromatic heterocycles. The molecule has 0 aliphatic rings. The van der Waals surface area contributed by atoms with Crippen LogP contribution in [0.15, 0.2) is 25.1 Å². The number of carboxylic acid groups (broad SMARTS) is 1. The molecule has 0 rings (SSSR count). The maximum atomic E-state index is 9.58. The highest BCUT2D eigenvalue weighted by atomic mass is 31.2. The Kier molecular flexibility index (Phi) is 6.78. The summed E-state index contributed by atoms with van der Waals surface area (Å²) in [6, 6.07) is 0. The van der Waals surface area contributed by atoms with E-state index in [-0.39, 0.29) is 0 Å². The third-order valence-electron chi connectivity index (χ3n) is 0.412. The lowest BCUT2D eigenvalue weighted by atomic mass is 10.7. The Balaban J connectivity index is 0. The lowest BCUT2D eigenvalue weighted by Gasteiger charge is -1.87. The van der Waals surface area contributed by atoms with Gasteiger partial charge in [-0.25, -0.2) is 4.79 Å². The Bertz CT molecular complexity index is 191. The topological polar surface area (TPSA) is 94.8 Å². The van der Waals surface area contributed by atoms with Crippen LogP contribution in [-0.2, 0) is 9.36 Å². The molecule has 0 fully saturated rings. The quantitative estimate of drug-likeness (QED) is 0.426. The van der Waals surface area contributed by atoms with Gasteiger partial charge in [0.25, 0.3) is 0 Å². The second kappa shape index (κ2) is 5.85. The maximum Gasteiger partial charge on any atom is 0.348 e. The Morgan fingerprint density at radius 1 is 1.36 bits per heavy atom. The van der Waals surface area contributed by atoms with E-state index in [2.05, 4.69) is 13.2 Å². The highest BCUT2D eigenvalue weighted by molar-refractivity contribution is 7.55. The maximum absolute atomic E-state index is 9.58. The van der Waals surface area contributed by atoms with Crippen molar-refractivity contribution in [1.29, 1.82) is 0 Å². The molecule has 0 aliphatic heterocycles. The molecule has 0 spiro atoms. The third kappa shape index (κ3) is 27.3. The first kappa shape index (κ1) is 12.7. The predicted molar refractivity (Wildman–Crippen MR) is 40.1 cm³/mol. The highest BCUT2D eigenvalue weighted by Gasteiger charge is 2.00. The van der Waals surface area contributed by atoms with E-state index in [1.54, 1.807) is 0 Å². The van der Waals surface area contributed by atoms with E-state index in [0.717, 1.165) is 6.08 Å². The summed E-state index contributed by atoms with van der Waals surface area (Å²) in [4.78, 5) is 24.9. The van der Waals surface area contributed by atoms with Crippen LogP contribution >= 0.6 is 7.60 Å². The summed E-state index contributed by atoms with van der Waals surface area (Å²) in [5.74, 6) is -0.377. The molecule has 64 valence electrons. The molecule has 0 aromatic rings. The molecule has 0 saturated carbocycles. The van der Waals surface area contributed by atoms with Gasteiger partial charge in [0.15, 0.2) is 0 Å². The minimum atomic E-state index is -3.88. The van der Waals surface area contributed by atoms with Crippen LogP contribution in [0.2, 0.25) is 0 Å². The van der Waals surface area contributed by atoms with Gasteiger partial charge in [0, 0.05) is 11.9 Å². The van der Waals surface area contributed by atoms with E-state index in [1.807, 2.05) is 0 Å². The first-order chi connectivity index (χ1) is 4.83. The summed E-state index contributed by atoms with van der Waals surface area (Å²) in [7, 11) is -3.88. The zero-order chi connectivity index (χ0) is 9.49. The smallest absolute Gasteiger partial charge is 0.348 e. The summed E-state index contributed by atoms with van der Waals surface area (Å²) in [6.45, 7) is 5.83. The molecule has 0 heterocycles. The SMILES string of the molecule is C=CC(=O)O.C=CP(=O)(O)O. The van der Waals surface area contributed by atoms with Crippen molar-refractivity contribution in [2.75, 3.05) is 0 Å². The Hall–Kier alpha value is -0.900. The Morgan fingerprint density at radius 3 is 1.55 bits per heavy atom.